The van der Waals surface area contributed by atoms with E-state index < -0.39 is 5.97 Å². The molecule has 5 rings (SSSR count). The van der Waals surface area contributed by atoms with Crippen LogP contribution in [0.2, 0.25) is 5.02 Å². The zero-order chi connectivity index (χ0) is 20.8. The Labute approximate surface area is 175 Å². The molecule has 2 aromatic heterocycles. The predicted octanol–water partition coefficient (Wildman–Crippen LogP) is 4.22. The first-order chi connectivity index (χ1) is 14.5. The Balaban J connectivity index is 1.77. The molecule has 0 atom stereocenters. The highest BCUT2D eigenvalue weighted by Crippen LogP contribution is 2.36. The van der Waals surface area contributed by atoms with E-state index in [1.807, 2.05) is 18.2 Å². The van der Waals surface area contributed by atoms with Crippen LogP contribution in [0, 0.1) is 0 Å². The van der Waals surface area contributed by atoms with Crippen LogP contribution in [0.3, 0.4) is 0 Å². The molecule has 0 bridgehead atoms. The second kappa shape index (κ2) is 6.96. The molecule has 0 amide bonds. The molecule has 2 N–H and O–H groups in total. The van der Waals surface area contributed by atoms with Gasteiger partial charge in [-0.05, 0) is 35.9 Å². The standard InChI is InChI=1S/C22H15ClN4O3/c23-13-6-8-18-15(10-13)20(14-3-1-2-4-19(14)28)21(22(29)30)27(18)11-12-5-7-16-17(9-12)25-26-24-16/h1-3,5-10H,4,11H2,(H,29,30)(H,24,25,26). The number of aromatic carboxylic acids is 1. The van der Waals surface area contributed by atoms with Crippen LogP contribution in [-0.4, -0.2) is 36.8 Å². The molecular weight excluding hydrogens is 404 g/mol. The number of fused-ring (bicyclic) bond motifs is 2. The Kier molecular flexibility index (Phi) is 4.25. The van der Waals surface area contributed by atoms with E-state index >= 15 is 0 Å². The third-order valence-electron chi connectivity index (χ3n) is 5.22. The summed E-state index contributed by atoms with van der Waals surface area (Å²) in [6, 6.07) is 10.8. The van der Waals surface area contributed by atoms with E-state index in [1.54, 1.807) is 41.0 Å². The molecule has 4 aromatic rings. The topological polar surface area (TPSA) is 101 Å². The van der Waals surface area contributed by atoms with Crippen LogP contribution in [0.4, 0.5) is 0 Å². The number of hydrogen-bond donors (Lipinski definition) is 2. The number of nitrogens with zero attached hydrogens (tertiary/aromatic N) is 3. The highest BCUT2D eigenvalue weighted by Gasteiger charge is 2.28. The smallest absolute Gasteiger partial charge is 0.353 e. The van der Waals surface area contributed by atoms with Crippen molar-refractivity contribution < 1.29 is 14.7 Å². The summed E-state index contributed by atoms with van der Waals surface area (Å²) in [5, 5.41) is 21.9. The maximum absolute atomic E-state index is 12.6. The van der Waals surface area contributed by atoms with E-state index in [9.17, 15) is 14.7 Å². The molecule has 0 fully saturated rings. The number of Topliss-reactive ketones (excluding diaryl/α,β-unsaturated/α-hetero) is 1. The van der Waals surface area contributed by atoms with Gasteiger partial charge in [-0.2, -0.15) is 15.4 Å². The van der Waals surface area contributed by atoms with Gasteiger partial charge in [-0.3, -0.25) is 4.79 Å². The monoisotopic (exact) mass is 418 g/mol. The molecule has 0 unspecified atom stereocenters. The van der Waals surface area contributed by atoms with Gasteiger partial charge in [0.15, 0.2) is 5.78 Å². The summed E-state index contributed by atoms with van der Waals surface area (Å²) in [5.74, 6) is -1.23. The molecule has 8 heteroatoms. The van der Waals surface area contributed by atoms with Gasteiger partial charge in [0.2, 0.25) is 0 Å². The van der Waals surface area contributed by atoms with Crippen molar-refractivity contribution >= 4 is 50.9 Å². The van der Waals surface area contributed by atoms with Gasteiger partial charge in [-0.15, -0.1) is 0 Å². The number of carbonyl (C=O) groups is 2. The van der Waals surface area contributed by atoms with Gasteiger partial charge < -0.3 is 9.67 Å². The molecule has 0 saturated carbocycles. The lowest BCUT2D eigenvalue weighted by atomic mass is 9.93. The first-order valence-electron chi connectivity index (χ1n) is 9.28. The molecular formula is C22H15ClN4O3. The largest absolute Gasteiger partial charge is 0.477 e. The zero-order valence-electron chi connectivity index (χ0n) is 15.6. The molecule has 1 aliphatic rings. The SMILES string of the molecule is O=C1CC=CC=C1c1c(C(=O)O)n(Cc2ccc3n[nH]nc3c2)c2ccc(Cl)cc12. The number of hydrogen-bond acceptors (Lipinski definition) is 4. The van der Waals surface area contributed by atoms with Crippen LogP contribution in [0.1, 0.15) is 28.0 Å². The highest BCUT2D eigenvalue weighted by molar-refractivity contribution is 6.32. The van der Waals surface area contributed by atoms with E-state index in [0.717, 1.165) is 11.1 Å². The molecule has 0 aliphatic heterocycles. The molecule has 2 heterocycles. The average molecular weight is 419 g/mol. The Morgan fingerprint density at radius 1 is 1.17 bits per heavy atom. The van der Waals surface area contributed by atoms with Gasteiger partial charge in [0.05, 0.1) is 0 Å². The zero-order valence-corrected chi connectivity index (χ0v) is 16.3. The van der Waals surface area contributed by atoms with Crippen LogP contribution >= 0.6 is 11.6 Å². The van der Waals surface area contributed by atoms with Gasteiger partial charge in [0.25, 0.3) is 0 Å². The number of benzene rings is 2. The van der Waals surface area contributed by atoms with Crippen LogP contribution in [0.5, 0.6) is 0 Å². The molecule has 0 saturated heterocycles. The van der Waals surface area contributed by atoms with E-state index in [0.29, 0.717) is 39.1 Å². The minimum atomic E-state index is -1.11. The summed E-state index contributed by atoms with van der Waals surface area (Å²) in [4.78, 5) is 25.0. The second-order valence-corrected chi connectivity index (χ2v) is 7.50. The quantitative estimate of drug-likeness (QED) is 0.516. The van der Waals surface area contributed by atoms with E-state index in [4.69, 9.17) is 11.6 Å². The van der Waals surface area contributed by atoms with Crippen LogP contribution < -0.4 is 0 Å². The minimum Gasteiger partial charge on any atom is -0.477 e. The van der Waals surface area contributed by atoms with Crippen molar-refractivity contribution in [1.29, 1.82) is 0 Å². The van der Waals surface area contributed by atoms with Gasteiger partial charge in [0.1, 0.15) is 16.7 Å². The van der Waals surface area contributed by atoms with Crippen molar-refractivity contribution in [1.82, 2.24) is 20.0 Å². The Bertz CT molecular complexity index is 1410. The fourth-order valence-corrected chi connectivity index (χ4v) is 4.09. The third kappa shape index (κ3) is 2.91. The summed E-state index contributed by atoms with van der Waals surface area (Å²) in [6.45, 7) is 0.292. The number of nitrogens with one attached hydrogen (secondary N) is 1. The van der Waals surface area contributed by atoms with Gasteiger partial charge in [0, 0.05) is 40.0 Å². The van der Waals surface area contributed by atoms with E-state index in [1.165, 1.54) is 0 Å². The van der Waals surface area contributed by atoms with Crippen LogP contribution in [0.15, 0.2) is 54.6 Å². The summed E-state index contributed by atoms with van der Waals surface area (Å²) in [7, 11) is 0. The Morgan fingerprint density at radius 2 is 2.00 bits per heavy atom. The number of carbonyl (C=O) groups excluding carboxylic acids is 1. The van der Waals surface area contributed by atoms with Gasteiger partial charge in [-0.25, -0.2) is 4.79 Å². The molecule has 0 radical (unpaired) electrons. The van der Waals surface area contributed by atoms with E-state index in [-0.39, 0.29) is 17.9 Å². The number of rotatable bonds is 4. The van der Waals surface area contributed by atoms with Crippen molar-refractivity contribution in [2.75, 3.05) is 0 Å². The maximum Gasteiger partial charge on any atom is 0.353 e. The lowest BCUT2D eigenvalue weighted by Crippen LogP contribution is -2.13. The highest BCUT2D eigenvalue weighted by atomic mass is 35.5. The lowest BCUT2D eigenvalue weighted by Gasteiger charge is -2.11. The Morgan fingerprint density at radius 3 is 2.80 bits per heavy atom. The van der Waals surface area contributed by atoms with Crippen molar-refractivity contribution in [3.8, 4) is 0 Å². The number of H-pyrrole nitrogens is 1. The average Bonchev–Trinajstić information content (AvgIpc) is 3.30. The van der Waals surface area contributed by atoms with E-state index in [2.05, 4.69) is 15.4 Å². The first kappa shape index (κ1) is 18.3. The number of aromatic nitrogens is 4. The van der Waals surface area contributed by atoms with Crippen LogP contribution in [-0.2, 0) is 11.3 Å². The Hall–Kier alpha value is -3.71. The lowest BCUT2D eigenvalue weighted by molar-refractivity contribution is -0.113. The van der Waals surface area contributed by atoms with Crippen LogP contribution in [0.25, 0.3) is 27.5 Å². The van der Waals surface area contributed by atoms with Crippen molar-refractivity contribution in [3.63, 3.8) is 0 Å². The number of carboxylic acids is 1. The predicted molar refractivity (Wildman–Crippen MR) is 114 cm³/mol. The fourth-order valence-electron chi connectivity index (χ4n) is 3.92. The van der Waals surface area contributed by atoms with Gasteiger partial charge in [-0.1, -0.05) is 35.9 Å². The molecule has 30 heavy (non-hydrogen) atoms. The fraction of sp³-hybridized carbons (Fsp3) is 0.0909. The summed E-state index contributed by atoms with van der Waals surface area (Å²) in [6.07, 6.45) is 5.43. The van der Waals surface area contributed by atoms with Crippen molar-refractivity contribution in [2.45, 2.75) is 13.0 Å². The molecule has 1 aliphatic carbocycles. The number of halogens is 1. The van der Waals surface area contributed by atoms with Crippen molar-refractivity contribution in [2.24, 2.45) is 0 Å². The second-order valence-electron chi connectivity index (χ2n) is 7.06. The first-order valence-corrected chi connectivity index (χ1v) is 9.65. The number of carboxylic acid groups (broad SMARTS) is 1. The molecule has 2 aromatic carbocycles. The third-order valence-corrected chi connectivity index (χ3v) is 5.46. The summed E-state index contributed by atoms with van der Waals surface area (Å²) >= 11 is 6.23. The maximum atomic E-state index is 12.6. The van der Waals surface area contributed by atoms with Gasteiger partial charge >= 0.3 is 5.97 Å². The number of ketones is 1. The molecule has 0 spiro atoms. The summed E-state index contributed by atoms with van der Waals surface area (Å²) < 4.78 is 1.71. The normalized spacial score (nSPS) is 13.9. The number of aromatic amines is 1. The summed E-state index contributed by atoms with van der Waals surface area (Å²) in [5.41, 5.74) is 3.81. The molecule has 148 valence electrons. The molecule has 7 nitrogen and oxygen atoms in total. The van der Waals surface area contributed by atoms with Crippen molar-refractivity contribution in [3.05, 3.63) is 76.5 Å². The number of allylic oxidation sites excluding steroid dienone is 4. The minimum absolute atomic E-state index is 0.0578.